The highest BCUT2D eigenvalue weighted by Gasteiger charge is 2.18. The third-order valence-electron chi connectivity index (χ3n) is 3.05. The highest BCUT2D eigenvalue weighted by molar-refractivity contribution is 7.12. The summed E-state index contributed by atoms with van der Waals surface area (Å²) in [4.78, 5) is 24.5. The number of rotatable bonds is 9. The predicted octanol–water partition coefficient (Wildman–Crippen LogP) is 4.50. The molecule has 0 amide bonds. The molecule has 1 aromatic rings. The van der Waals surface area contributed by atoms with E-state index in [1.807, 2.05) is 24.4 Å². The largest absolute Gasteiger partial charge is 0.300 e. The van der Waals surface area contributed by atoms with E-state index in [4.69, 9.17) is 0 Å². The molecule has 0 bridgehead atoms. The molecule has 0 N–H and O–H groups in total. The van der Waals surface area contributed by atoms with Gasteiger partial charge >= 0.3 is 0 Å². The fourth-order valence-electron chi connectivity index (χ4n) is 1.95. The van der Waals surface area contributed by atoms with Gasteiger partial charge in [-0.15, -0.1) is 11.3 Å². The third kappa shape index (κ3) is 5.13. The number of carbonyl (C=O) groups excluding carboxylic acids is 2. The van der Waals surface area contributed by atoms with E-state index in [2.05, 4.69) is 6.92 Å². The lowest BCUT2D eigenvalue weighted by Gasteiger charge is -2.08. The number of unbranched alkanes of at least 4 members (excludes halogenated alkanes) is 3. The molecule has 0 aliphatic heterocycles. The summed E-state index contributed by atoms with van der Waals surface area (Å²) < 4.78 is 0. The fraction of sp³-hybridized carbons (Fsp3) is 0.600. The van der Waals surface area contributed by atoms with E-state index in [0.29, 0.717) is 12.8 Å². The summed E-state index contributed by atoms with van der Waals surface area (Å²) in [6, 6.07) is 3.70. The smallest absolute Gasteiger partial charge is 0.176 e. The molecule has 1 rings (SSSR count). The highest BCUT2D eigenvalue weighted by atomic mass is 32.1. The van der Waals surface area contributed by atoms with Crippen molar-refractivity contribution in [1.29, 1.82) is 0 Å². The Bertz CT molecular complexity index is 368. The Morgan fingerprint density at radius 3 is 2.67 bits per heavy atom. The normalized spacial score (nSPS) is 12.3. The maximum absolute atomic E-state index is 12.0. The van der Waals surface area contributed by atoms with Gasteiger partial charge in [-0.05, 0) is 17.9 Å². The third-order valence-corrected chi connectivity index (χ3v) is 3.94. The molecule has 0 radical (unpaired) electrons. The zero-order valence-electron chi connectivity index (χ0n) is 11.3. The number of thiophene rings is 1. The van der Waals surface area contributed by atoms with Crippen molar-refractivity contribution in [3.05, 3.63) is 22.4 Å². The number of ketones is 2. The van der Waals surface area contributed by atoms with Gasteiger partial charge in [-0.3, -0.25) is 9.59 Å². The average molecular weight is 266 g/mol. The zero-order chi connectivity index (χ0) is 13.4. The molecule has 3 heteroatoms. The van der Waals surface area contributed by atoms with E-state index in [9.17, 15) is 9.59 Å². The van der Waals surface area contributed by atoms with Crippen molar-refractivity contribution in [2.45, 2.75) is 52.4 Å². The lowest BCUT2D eigenvalue weighted by Crippen LogP contribution is -2.14. The van der Waals surface area contributed by atoms with Crippen molar-refractivity contribution < 1.29 is 9.59 Å². The van der Waals surface area contributed by atoms with Gasteiger partial charge in [-0.1, -0.05) is 39.2 Å². The Kier molecular flexibility index (Phi) is 6.88. The minimum atomic E-state index is -0.178. The van der Waals surface area contributed by atoms with Crippen LogP contribution in [0.3, 0.4) is 0 Å². The van der Waals surface area contributed by atoms with Crippen LogP contribution in [0, 0.1) is 5.92 Å². The second kappa shape index (κ2) is 8.20. The van der Waals surface area contributed by atoms with E-state index < -0.39 is 0 Å². The van der Waals surface area contributed by atoms with Crippen LogP contribution in [0.2, 0.25) is 0 Å². The number of carbonyl (C=O) groups is 2. The summed E-state index contributed by atoms with van der Waals surface area (Å²) in [7, 11) is 0. The molecule has 0 aromatic carbocycles. The molecule has 0 aliphatic rings. The first kappa shape index (κ1) is 15.1. The maximum atomic E-state index is 12.0. The number of hydrogen-bond donors (Lipinski definition) is 0. The lowest BCUT2D eigenvalue weighted by atomic mass is 9.96. The Morgan fingerprint density at radius 1 is 1.28 bits per heavy atom. The SMILES string of the molecule is CCCCCCC(=O)CC(C)C(=O)c1cccs1. The van der Waals surface area contributed by atoms with Crippen LogP contribution in [0.5, 0.6) is 0 Å². The molecular formula is C15H22O2S. The molecule has 0 aliphatic carbocycles. The van der Waals surface area contributed by atoms with Crippen LogP contribution in [0.1, 0.15) is 62.0 Å². The summed E-state index contributed by atoms with van der Waals surface area (Å²) in [5.74, 6) is 0.151. The van der Waals surface area contributed by atoms with Gasteiger partial charge in [0.25, 0.3) is 0 Å². The summed E-state index contributed by atoms with van der Waals surface area (Å²) in [5.41, 5.74) is 0. The molecule has 1 heterocycles. The molecule has 2 nitrogen and oxygen atoms in total. The average Bonchev–Trinajstić information content (AvgIpc) is 2.87. The van der Waals surface area contributed by atoms with Crippen LogP contribution in [-0.2, 0) is 4.79 Å². The fourth-order valence-corrected chi connectivity index (χ4v) is 2.73. The maximum Gasteiger partial charge on any atom is 0.176 e. The second-order valence-electron chi connectivity index (χ2n) is 4.80. The van der Waals surface area contributed by atoms with Gasteiger partial charge < -0.3 is 0 Å². The van der Waals surface area contributed by atoms with Crippen LogP contribution in [-0.4, -0.2) is 11.6 Å². The van der Waals surface area contributed by atoms with Crippen LogP contribution in [0.4, 0.5) is 0 Å². The van der Waals surface area contributed by atoms with Gasteiger partial charge in [0.05, 0.1) is 4.88 Å². The molecule has 1 atom stereocenters. The van der Waals surface area contributed by atoms with Crippen LogP contribution in [0.25, 0.3) is 0 Å². The Hall–Kier alpha value is -0.960. The monoisotopic (exact) mass is 266 g/mol. The summed E-state index contributed by atoms with van der Waals surface area (Å²) in [5, 5.41) is 1.90. The topological polar surface area (TPSA) is 34.1 Å². The zero-order valence-corrected chi connectivity index (χ0v) is 12.1. The van der Waals surface area contributed by atoms with Crippen molar-refractivity contribution in [2.24, 2.45) is 5.92 Å². The molecule has 18 heavy (non-hydrogen) atoms. The molecule has 0 saturated carbocycles. The van der Waals surface area contributed by atoms with Gasteiger partial charge in [0.1, 0.15) is 5.78 Å². The van der Waals surface area contributed by atoms with Gasteiger partial charge in [-0.25, -0.2) is 0 Å². The van der Waals surface area contributed by atoms with E-state index in [1.54, 1.807) is 0 Å². The van der Waals surface area contributed by atoms with E-state index >= 15 is 0 Å². The molecule has 1 aromatic heterocycles. The Morgan fingerprint density at radius 2 is 2.06 bits per heavy atom. The van der Waals surface area contributed by atoms with Gasteiger partial charge in [0.2, 0.25) is 0 Å². The van der Waals surface area contributed by atoms with Gasteiger partial charge in [-0.2, -0.15) is 0 Å². The molecule has 0 saturated heterocycles. The van der Waals surface area contributed by atoms with Gasteiger partial charge in [0.15, 0.2) is 5.78 Å². The number of hydrogen-bond acceptors (Lipinski definition) is 3. The summed E-state index contributed by atoms with van der Waals surface area (Å²) in [6.45, 7) is 4.01. The molecule has 0 spiro atoms. The first-order valence-corrected chi connectivity index (χ1v) is 7.62. The highest BCUT2D eigenvalue weighted by Crippen LogP contribution is 2.18. The molecule has 100 valence electrons. The lowest BCUT2D eigenvalue weighted by molar-refractivity contribution is -0.119. The predicted molar refractivity (Wildman–Crippen MR) is 76.2 cm³/mol. The number of Topliss-reactive ketones (excluding diaryl/α,β-unsaturated/α-hetero) is 2. The van der Waals surface area contributed by atoms with Crippen molar-refractivity contribution in [1.82, 2.24) is 0 Å². The first-order valence-electron chi connectivity index (χ1n) is 6.74. The Balaban J connectivity index is 2.29. The molecule has 0 fully saturated rings. The van der Waals surface area contributed by atoms with Crippen LogP contribution >= 0.6 is 11.3 Å². The van der Waals surface area contributed by atoms with Crippen LogP contribution < -0.4 is 0 Å². The van der Waals surface area contributed by atoms with Crippen molar-refractivity contribution in [2.75, 3.05) is 0 Å². The van der Waals surface area contributed by atoms with Crippen LogP contribution in [0.15, 0.2) is 17.5 Å². The standard InChI is InChI=1S/C15H22O2S/c1-3-4-5-6-8-13(16)11-12(2)15(17)14-9-7-10-18-14/h7,9-10,12H,3-6,8,11H2,1-2H3. The summed E-state index contributed by atoms with van der Waals surface area (Å²) >= 11 is 1.45. The minimum Gasteiger partial charge on any atom is -0.300 e. The van der Waals surface area contributed by atoms with E-state index in [-0.39, 0.29) is 17.5 Å². The van der Waals surface area contributed by atoms with Gasteiger partial charge in [0, 0.05) is 18.8 Å². The van der Waals surface area contributed by atoms with Crippen molar-refractivity contribution in [3.63, 3.8) is 0 Å². The first-order chi connectivity index (χ1) is 8.65. The molecule has 1 unspecified atom stereocenters. The minimum absolute atomic E-state index is 0.104. The van der Waals surface area contributed by atoms with Crippen molar-refractivity contribution >= 4 is 22.9 Å². The summed E-state index contributed by atoms with van der Waals surface area (Å²) in [6.07, 6.45) is 5.48. The second-order valence-corrected chi connectivity index (χ2v) is 5.74. The quantitative estimate of drug-likeness (QED) is 0.487. The van der Waals surface area contributed by atoms with E-state index in [1.165, 1.54) is 24.2 Å². The Labute approximate surface area is 113 Å². The van der Waals surface area contributed by atoms with E-state index in [0.717, 1.165) is 17.7 Å². The molecular weight excluding hydrogens is 244 g/mol. The van der Waals surface area contributed by atoms with Crippen molar-refractivity contribution in [3.8, 4) is 0 Å².